The van der Waals surface area contributed by atoms with Gasteiger partial charge in [-0.1, -0.05) is 26.1 Å². The van der Waals surface area contributed by atoms with Crippen molar-refractivity contribution in [1.29, 1.82) is 0 Å². The molecule has 86 valence electrons. The third-order valence-electron chi connectivity index (χ3n) is 2.67. The van der Waals surface area contributed by atoms with Gasteiger partial charge in [-0.05, 0) is 13.1 Å². The molecule has 0 bridgehead atoms. The van der Waals surface area contributed by atoms with E-state index in [2.05, 4.69) is 33.7 Å². The van der Waals surface area contributed by atoms with Crippen LogP contribution in [0.25, 0.3) is 11.2 Å². The highest BCUT2D eigenvalue weighted by Gasteiger charge is 2.07. The van der Waals surface area contributed by atoms with Gasteiger partial charge in [-0.25, -0.2) is 9.97 Å². The second-order valence-corrected chi connectivity index (χ2v) is 3.95. The minimum atomic E-state index is 0.596. The van der Waals surface area contributed by atoms with Crippen LogP contribution in [-0.4, -0.2) is 37.5 Å². The average Bonchev–Trinajstić information content (AvgIpc) is 2.70. The first kappa shape index (κ1) is 11.2. The summed E-state index contributed by atoms with van der Waals surface area (Å²) < 4.78 is 2.63. The Morgan fingerprint density at radius 3 is 2.81 bits per heavy atom. The third-order valence-corrected chi connectivity index (χ3v) is 2.97. The minimum Gasteiger partial charge on any atom is -0.329 e. The number of fused-ring (bicyclic) bond motifs is 1. The van der Waals surface area contributed by atoms with Crippen LogP contribution in [0.5, 0.6) is 0 Å². The smallest absolute Gasteiger partial charge is 0.160 e. The van der Waals surface area contributed by atoms with E-state index in [1.165, 1.54) is 0 Å². The molecule has 2 rings (SSSR count). The van der Waals surface area contributed by atoms with Crippen LogP contribution < -0.4 is 0 Å². The molecule has 0 atom stereocenters. The Morgan fingerprint density at radius 1 is 1.38 bits per heavy atom. The zero-order valence-corrected chi connectivity index (χ0v) is 10.3. The van der Waals surface area contributed by atoms with Crippen molar-refractivity contribution in [2.45, 2.75) is 20.5 Å². The Balaban J connectivity index is 2.42. The predicted molar refractivity (Wildman–Crippen MR) is 65.6 cm³/mol. The number of hydrogen-bond donors (Lipinski definition) is 1. The molecule has 0 saturated heterocycles. The number of imidazole rings is 1. The molecular formula is C10H15N5S. The molecule has 0 amide bonds. The second kappa shape index (κ2) is 4.71. The van der Waals surface area contributed by atoms with Gasteiger partial charge in [-0.2, -0.15) is 0 Å². The summed E-state index contributed by atoms with van der Waals surface area (Å²) in [5.41, 5.74) is 1.71. The number of rotatable bonds is 4. The molecule has 5 nitrogen and oxygen atoms in total. The zero-order valence-electron chi connectivity index (χ0n) is 9.47. The van der Waals surface area contributed by atoms with E-state index < -0.39 is 0 Å². The fourth-order valence-electron chi connectivity index (χ4n) is 1.67. The van der Waals surface area contributed by atoms with Crippen LogP contribution in [0.1, 0.15) is 13.8 Å². The lowest BCUT2D eigenvalue weighted by atomic mass is 10.5. The van der Waals surface area contributed by atoms with Crippen LogP contribution in [0.3, 0.4) is 0 Å². The van der Waals surface area contributed by atoms with Crippen molar-refractivity contribution >= 4 is 23.4 Å². The topological polar surface area (TPSA) is 49.7 Å². The van der Waals surface area contributed by atoms with Crippen molar-refractivity contribution in [2.75, 3.05) is 13.1 Å². The first-order valence-corrected chi connectivity index (χ1v) is 5.78. The maximum Gasteiger partial charge on any atom is 0.160 e. The van der Waals surface area contributed by atoms with E-state index in [1.807, 2.05) is 4.57 Å². The Hall–Kier alpha value is -1.27. The fraction of sp³-hybridized carbons (Fsp3) is 0.500. The van der Waals surface area contributed by atoms with Gasteiger partial charge in [0.25, 0.3) is 0 Å². The highest BCUT2D eigenvalue weighted by atomic mass is 32.1. The lowest BCUT2D eigenvalue weighted by Crippen LogP contribution is -2.25. The summed E-state index contributed by atoms with van der Waals surface area (Å²) in [5, 5.41) is 0. The third kappa shape index (κ3) is 1.98. The average molecular weight is 237 g/mol. The van der Waals surface area contributed by atoms with Crippen LogP contribution in [0, 0.1) is 4.64 Å². The van der Waals surface area contributed by atoms with Crippen LogP contribution in [0.2, 0.25) is 0 Å². The molecular weight excluding hydrogens is 222 g/mol. The molecule has 0 aliphatic rings. The van der Waals surface area contributed by atoms with Crippen molar-refractivity contribution in [3.8, 4) is 0 Å². The summed E-state index contributed by atoms with van der Waals surface area (Å²) in [6.07, 6.45) is 3.39. The summed E-state index contributed by atoms with van der Waals surface area (Å²) in [6.45, 7) is 7.09. The Labute approximate surface area is 99.1 Å². The molecule has 0 radical (unpaired) electrons. The number of aromatic amines is 1. The number of nitrogens with zero attached hydrogens (tertiary/aromatic N) is 4. The van der Waals surface area contributed by atoms with Crippen molar-refractivity contribution in [2.24, 2.45) is 0 Å². The number of hydrogen-bond acceptors (Lipinski definition) is 4. The van der Waals surface area contributed by atoms with E-state index >= 15 is 0 Å². The van der Waals surface area contributed by atoms with Gasteiger partial charge >= 0.3 is 0 Å². The maximum absolute atomic E-state index is 5.21. The maximum atomic E-state index is 5.21. The largest absolute Gasteiger partial charge is 0.329 e. The summed E-state index contributed by atoms with van der Waals surface area (Å²) in [7, 11) is 0. The van der Waals surface area contributed by atoms with Gasteiger partial charge in [0.05, 0.1) is 19.3 Å². The lowest BCUT2D eigenvalue weighted by molar-refractivity contribution is 0.245. The molecule has 2 aromatic rings. The monoisotopic (exact) mass is 237 g/mol. The molecule has 2 aromatic heterocycles. The summed E-state index contributed by atoms with van der Waals surface area (Å²) in [5.74, 6) is 0. The number of H-pyrrole nitrogens is 1. The highest BCUT2D eigenvalue weighted by molar-refractivity contribution is 7.71. The van der Waals surface area contributed by atoms with Crippen LogP contribution in [-0.2, 0) is 6.67 Å². The molecule has 0 aliphatic heterocycles. The summed E-state index contributed by atoms with van der Waals surface area (Å²) in [4.78, 5) is 13.6. The molecule has 6 heteroatoms. The summed E-state index contributed by atoms with van der Waals surface area (Å²) in [6, 6.07) is 0. The first-order valence-electron chi connectivity index (χ1n) is 5.37. The van der Waals surface area contributed by atoms with Crippen molar-refractivity contribution in [1.82, 2.24) is 24.4 Å². The van der Waals surface area contributed by atoms with Crippen molar-refractivity contribution < 1.29 is 0 Å². The minimum absolute atomic E-state index is 0.596. The van der Waals surface area contributed by atoms with E-state index in [9.17, 15) is 0 Å². The van der Waals surface area contributed by atoms with Gasteiger partial charge in [0.2, 0.25) is 0 Å². The highest BCUT2D eigenvalue weighted by Crippen LogP contribution is 2.10. The van der Waals surface area contributed by atoms with Crippen LogP contribution in [0.15, 0.2) is 12.7 Å². The SMILES string of the molecule is CCN(CC)Cn1cnc2[nH]cnc(=S)c21. The van der Waals surface area contributed by atoms with Gasteiger partial charge < -0.3 is 9.55 Å². The van der Waals surface area contributed by atoms with E-state index in [1.54, 1.807) is 12.7 Å². The van der Waals surface area contributed by atoms with Crippen LogP contribution in [0.4, 0.5) is 0 Å². The Morgan fingerprint density at radius 2 is 2.12 bits per heavy atom. The quantitative estimate of drug-likeness (QED) is 0.824. The standard InChI is InChI=1S/C10H15N5S/c1-3-14(4-2)7-15-6-13-9-8(15)10(16)12-5-11-9/h5-6H,3-4,7H2,1-2H3,(H,11,12,16). The van der Waals surface area contributed by atoms with E-state index in [4.69, 9.17) is 12.2 Å². The molecule has 0 fully saturated rings. The van der Waals surface area contributed by atoms with E-state index in [-0.39, 0.29) is 0 Å². The molecule has 2 heterocycles. The molecule has 0 saturated carbocycles. The summed E-state index contributed by atoms with van der Waals surface area (Å²) >= 11 is 5.21. The number of nitrogens with one attached hydrogen (secondary N) is 1. The van der Waals surface area contributed by atoms with Gasteiger partial charge in [0.15, 0.2) is 10.3 Å². The van der Waals surface area contributed by atoms with Gasteiger partial charge in [0.1, 0.15) is 5.52 Å². The molecule has 1 N–H and O–H groups in total. The molecule has 0 aromatic carbocycles. The van der Waals surface area contributed by atoms with Gasteiger partial charge in [-0.3, -0.25) is 4.90 Å². The van der Waals surface area contributed by atoms with Gasteiger partial charge in [0, 0.05) is 0 Å². The molecule has 0 aliphatic carbocycles. The molecule has 0 unspecified atom stereocenters. The predicted octanol–water partition coefficient (Wildman–Crippen LogP) is 1.79. The Kier molecular flexibility index (Phi) is 3.31. The van der Waals surface area contributed by atoms with Crippen molar-refractivity contribution in [3.05, 3.63) is 17.3 Å². The molecule has 0 spiro atoms. The first-order chi connectivity index (χ1) is 7.76. The van der Waals surface area contributed by atoms with E-state index in [0.717, 1.165) is 30.9 Å². The van der Waals surface area contributed by atoms with Crippen LogP contribution >= 0.6 is 12.2 Å². The zero-order chi connectivity index (χ0) is 11.5. The fourth-order valence-corrected chi connectivity index (χ4v) is 1.94. The van der Waals surface area contributed by atoms with Gasteiger partial charge in [-0.15, -0.1) is 0 Å². The van der Waals surface area contributed by atoms with Crippen molar-refractivity contribution in [3.63, 3.8) is 0 Å². The normalized spacial score (nSPS) is 11.4. The second-order valence-electron chi connectivity index (χ2n) is 3.56. The van der Waals surface area contributed by atoms with E-state index in [0.29, 0.717) is 4.64 Å². The molecule has 16 heavy (non-hydrogen) atoms. The number of aromatic nitrogens is 4. The lowest BCUT2D eigenvalue weighted by Gasteiger charge is -2.18. The Bertz CT molecular complexity index is 525.